The summed E-state index contributed by atoms with van der Waals surface area (Å²) in [5.74, 6) is 0.988. The summed E-state index contributed by atoms with van der Waals surface area (Å²) < 4.78 is 33.0. The van der Waals surface area contributed by atoms with Crippen molar-refractivity contribution in [1.29, 1.82) is 0 Å². The molecular weight excluding hydrogens is 492 g/mol. The Balaban J connectivity index is 0.000000146. The van der Waals surface area contributed by atoms with Gasteiger partial charge in [0.1, 0.15) is 12.2 Å². The van der Waals surface area contributed by atoms with E-state index in [1.165, 1.54) is 23.4 Å². The predicted molar refractivity (Wildman–Crippen MR) is 141 cm³/mol. The van der Waals surface area contributed by atoms with Gasteiger partial charge in [-0.3, -0.25) is 9.54 Å². The van der Waals surface area contributed by atoms with E-state index in [0.29, 0.717) is 17.7 Å². The third-order valence-corrected chi connectivity index (χ3v) is 8.76. The van der Waals surface area contributed by atoms with Crippen LogP contribution < -0.4 is 4.74 Å². The monoisotopic (exact) mass is 524 g/mol. The van der Waals surface area contributed by atoms with E-state index in [1.807, 2.05) is 42.6 Å². The quantitative estimate of drug-likeness (QED) is 0.328. The number of para-hydroxylation sites is 1. The van der Waals surface area contributed by atoms with Gasteiger partial charge in [0.25, 0.3) is 10.1 Å². The molecule has 37 heavy (non-hydrogen) atoms. The third kappa shape index (κ3) is 4.50. The van der Waals surface area contributed by atoms with Gasteiger partial charge in [-0.15, -0.1) is 0 Å². The standard InChI is InChI=1S/C17H19NO3.C9H7N.C2H6O3S/c1-18-7-6-17-10-3-5-13(20)16(17)21-15-12(19)4-2-9(14(15)17)8-11(10)18;1-2-6-9-8(4-1)5-3-7-10-9;1-2-6(3,4)5/h2-5,10-11,13,16,19-20H,6-8H2,1H3;1-7H;2H2,1H3,(H,3,4,5)/t10-,11+,13-,16-,17-;;/m0../s1. The van der Waals surface area contributed by atoms with E-state index in [9.17, 15) is 18.6 Å². The van der Waals surface area contributed by atoms with Gasteiger partial charge in [-0.25, -0.2) is 0 Å². The van der Waals surface area contributed by atoms with Crippen molar-refractivity contribution in [2.45, 2.75) is 43.4 Å². The van der Waals surface area contributed by atoms with Crippen LogP contribution in [0.5, 0.6) is 11.5 Å². The van der Waals surface area contributed by atoms with Crippen LogP contribution in [0.1, 0.15) is 24.5 Å². The highest BCUT2D eigenvalue weighted by Crippen LogP contribution is 2.62. The molecule has 1 fully saturated rings. The highest BCUT2D eigenvalue weighted by molar-refractivity contribution is 7.85. The molecule has 0 saturated carbocycles. The number of aromatic nitrogens is 1. The lowest BCUT2D eigenvalue weighted by Gasteiger charge is -2.56. The van der Waals surface area contributed by atoms with Crippen molar-refractivity contribution in [3.63, 3.8) is 0 Å². The molecule has 2 bridgehead atoms. The number of aliphatic hydroxyl groups is 1. The zero-order chi connectivity index (χ0) is 26.4. The van der Waals surface area contributed by atoms with Gasteiger partial charge in [-0.2, -0.15) is 8.42 Å². The number of fused-ring (bicyclic) bond motifs is 1. The largest absolute Gasteiger partial charge is 0.504 e. The van der Waals surface area contributed by atoms with Crippen LogP contribution in [0.25, 0.3) is 10.9 Å². The summed E-state index contributed by atoms with van der Waals surface area (Å²) in [6.07, 6.45) is 6.99. The van der Waals surface area contributed by atoms with E-state index in [2.05, 4.69) is 35.1 Å². The summed E-state index contributed by atoms with van der Waals surface area (Å²) in [6, 6.07) is 16.3. The smallest absolute Gasteiger partial charge is 0.264 e. The molecule has 5 atom stereocenters. The molecule has 0 unspecified atom stereocenters. The minimum Gasteiger partial charge on any atom is -0.504 e. The van der Waals surface area contributed by atoms with Gasteiger partial charge in [-0.1, -0.05) is 42.5 Å². The average molecular weight is 525 g/mol. The number of pyridine rings is 1. The van der Waals surface area contributed by atoms with Crippen LogP contribution in [0, 0.1) is 5.92 Å². The molecule has 2 aromatic carbocycles. The number of benzene rings is 2. The molecule has 2 aliphatic carbocycles. The number of rotatable bonds is 1. The summed E-state index contributed by atoms with van der Waals surface area (Å²) in [6.45, 7) is 2.38. The Kier molecular flexibility index (Phi) is 6.74. The molecule has 1 spiro atoms. The Bertz CT molecular complexity index is 1380. The van der Waals surface area contributed by atoms with Crippen LogP contribution in [0.15, 0.2) is 66.9 Å². The Labute approximate surface area is 217 Å². The molecule has 9 heteroatoms. The summed E-state index contributed by atoms with van der Waals surface area (Å²) in [5.41, 5.74) is 3.35. The maximum atomic E-state index is 10.4. The van der Waals surface area contributed by atoms with Crippen molar-refractivity contribution in [2.24, 2.45) is 5.92 Å². The fourth-order valence-corrected chi connectivity index (χ4v) is 6.25. The van der Waals surface area contributed by atoms with Gasteiger partial charge >= 0.3 is 0 Å². The minimum absolute atomic E-state index is 0.160. The van der Waals surface area contributed by atoms with Gasteiger partial charge < -0.3 is 19.8 Å². The summed E-state index contributed by atoms with van der Waals surface area (Å²) in [7, 11) is -1.47. The molecule has 3 N–H and O–H groups in total. The molecular formula is C28H32N2O6S. The normalized spacial score (nSPS) is 28.8. The Morgan fingerprint density at radius 3 is 2.59 bits per heavy atom. The Morgan fingerprint density at radius 2 is 1.86 bits per heavy atom. The fourth-order valence-electron chi connectivity index (χ4n) is 6.25. The summed E-state index contributed by atoms with van der Waals surface area (Å²) in [5, 5.41) is 21.8. The number of phenols is 1. The number of phenolic OH excluding ortho intramolecular Hbond substituents is 1. The predicted octanol–water partition coefficient (Wildman–Crippen LogP) is 3.33. The van der Waals surface area contributed by atoms with Crippen molar-refractivity contribution in [2.75, 3.05) is 19.3 Å². The lowest BCUT2D eigenvalue weighted by molar-refractivity contribution is -0.0453. The molecule has 0 radical (unpaired) electrons. The van der Waals surface area contributed by atoms with Crippen molar-refractivity contribution in [3.05, 3.63) is 78.0 Å². The first-order valence-corrected chi connectivity index (χ1v) is 14.1. The van der Waals surface area contributed by atoms with Crippen molar-refractivity contribution < 1.29 is 27.9 Å². The number of piperidine rings is 1. The van der Waals surface area contributed by atoms with Gasteiger partial charge in [0.15, 0.2) is 11.5 Å². The lowest BCUT2D eigenvalue weighted by atomic mass is 9.53. The molecule has 1 aromatic heterocycles. The number of hydrogen-bond donors (Lipinski definition) is 3. The number of ether oxygens (including phenoxy) is 1. The van der Waals surface area contributed by atoms with E-state index < -0.39 is 16.2 Å². The van der Waals surface area contributed by atoms with Crippen LogP contribution in [0.2, 0.25) is 0 Å². The maximum Gasteiger partial charge on any atom is 0.264 e. The van der Waals surface area contributed by atoms with E-state index in [0.717, 1.165) is 24.9 Å². The minimum atomic E-state index is -3.66. The lowest BCUT2D eigenvalue weighted by Crippen LogP contribution is -2.64. The highest BCUT2D eigenvalue weighted by Gasteiger charge is 2.64. The van der Waals surface area contributed by atoms with Crippen molar-refractivity contribution >= 4 is 21.0 Å². The van der Waals surface area contributed by atoms with Crippen molar-refractivity contribution in [1.82, 2.24) is 9.88 Å². The number of nitrogens with zero attached hydrogens (tertiary/aromatic N) is 2. The zero-order valence-electron chi connectivity index (χ0n) is 20.9. The molecule has 3 aromatic rings. The second-order valence-corrected chi connectivity index (χ2v) is 11.7. The van der Waals surface area contributed by atoms with E-state index in [4.69, 9.17) is 9.29 Å². The SMILES string of the molecule is CCS(=O)(=O)O.CN1CC[C@]23c4c5ccc(O)c4O[C@H]2[C@@H](O)C=C[C@H]3[C@H]1C5.c1ccc2ncccc2c1. The molecule has 8 nitrogen and oxygen atoms in total. The first kappa shape index (κ1) is 25.7. The van der Waals surface area contributed by atoms with E-state index in [1.54, 1.807) is 6.07 Å². The van der Waals surface area contributed by atoms with Crippen LogP contribution in [0.4, 0.5) is 0 Å². The van der Waals surface area contributed by atoms with Gasteiger partial charge in [0.05, 0.1) is 11.3 Å². The number of likely N-dealkylation sites (tertiary alicyclic amines) is 1. The van der Waals surface area contributed by atoms with Gasteiger partial charge in [0, 0.05) is 34.5 Å². The van der Waals surface area contributed by atoms with Crippen LogP contribution in [0.3, 0.4) is 0 Å². The molecule has 196 valence electrons. The molecule has 1 saturated heterocycles. The van der Waals surface area contributed by atoms with E-state index >= 15 is 0 Å². The average Bonchev–Trinajstić information content (AvgIpc) is 3.25. The second kappa shape index (κ2) is 9.72. The first-order chi connectivity index (χ1) is 17.7. The fraction of sp³-hybridized carbons (Fsp3) is 0.393. The Hall–Kier alpha value is -2.98. The number of likely N-dealkylation sites (N-methyl/N-ethyl adjacent to an activating group) is 1. The number of hydrogen-bond acceptors (Lipinski definition) is 7. The highest BCUT2D eigenvalue weighted by atomic mass is 32.2. The first-order valence-electron chi connectivity index (χ1n) is 12.5. The summed E-state index contributed by atoms with van der Waals surface area (Å²) >= 11 is 0. The van der Waals surface area contributed by atoms with Gasteiger partial charge in [-0.05, 0) is 57.1 Å². The topological polar surface area (TPSA) is 120 Å². The molecule has 0 amide bonds. The van der Waals surface area contributed by atoms with Crippen LogP contribution in [-0.2, 0) is 22.0 Å². The second-order valence-electron chi connectivity index (χ2n) is 10.00. The number of aliphatic hydroxyl groups excluding tert-OH is 1. The molecule has 2 aliphatic heterocycles. The maximum absolute atomic E-state index is 10.4. The summed E-state index contributed by atoms with van der Waals surface area (Å²) in [4.78, 5) is 6.61. The Morgan fingerprint density at radius 1 is 1.14 bits per heavy atom. The zero-order valence-corrected chi connectivity index (χ0v) is 21.7. The molecule has 3 heterocycles. The van der Waals surface area contributed by atoms with E-state index in [-0.39, 0.29) is 23.0 Å². The molecule has 4 aliphatic rings. The van der Waals surface area contributed by atoms with Crippen molar-refractivity contribution in [3.8, 4) is 11.5 Å². The van der Waals surface area contributed by atoms with Gasteiger partial charge in [0.2, 0.25) is 0 Å². The van der Waals surface area contributed by atoms with Crippen LogP contribution >= 0.6 is 0 Å². The number of aromatic hydroxyl groups is 1. The molecule has 7 rings (SSSR count). The van der Waals surface area contributed by atoms with Crippen LogP contribution in [-0.4, -0.2) is 70.7 Å². The third-order valence-electron chi connectivity index (χ3n) is 8.03.